The zero-order valence-electron chi connectivity index (χ0n) is 21.6. The molecule has 0 amide bonds. The van der Waals surface area contributed by atoms with Crippen LogP contribution < -0.4 is 10.9 Å². The third-order valence-corrected chi connectivity index (χ3v) is 7.15. The summed E-state index contributed by atoms with van der Waals surface area (Å²) in [4.78, 5) is 0. The minimum atomic E-state index is 0.162. The topological polar surface area (TPSA) is 0 Å². The molecular formula is C28H42B. The Kier molecular flexibility index (Phi) is 6.27. The summed E-state index contributed by atoms with van der Waals surface area (Å²) in [6, 6.07) is 0. The van der Waals surface area contributed by atoms with Crippen molar-refractivity contribution in [1.29, 1.82) is 0 Å². The van der Waals surface area contributed by atoms with Gasteiger partial charge < -0.3 is 0 Å². The van der Waals surface area contributed by atoms with Crippen molar-refractivity contribution in [2.45, 2.75) is 108 Å². The lowest BCUT2D eigenvalue weighted by molar-refractivity contribution is 0.580. The summed E-state index contributed by atoms with van der Waals surface area (Å²) in [5.74, 6) is 0. The van der Waals surface area contributed by atoms with Gasteiger partial charge in [-0.15, -0.1) is 0 Å². The molecule has 0 atom stereocenters. The van der Waals surface area contributed by atoms with E-state index >= 15 is 0 Å². The summed E-state index contributed by atoms with van der Waals surface area (Å²) in [5.41, 5.74) is 17.6. The fraction of sp³-hybridized carbons (Fsp3) is 0.571. The summed E-state index contributed by atoms with van der Waals surface area (Å²) in [6.45, 7) is 32.4. The maximum atomic E-state index is 2.47. The van der Waals surface area contributed by atoms with E-state index in [-0.39, 0.29) is 10.8 Å². The summed E-state index contributed by atoms with van der Waals surface area (Å²) in [5, 5.41) is 0. The molecular weight excluding hydrogens is 347 g/mol. The van der Waals surface area contributed by atoms with Gasteiger partial charge in [0, 0.05) is 0 Å². The van der Waals surface area contributed by atoms with Crippen molar-refractivity contribution >= 4 is 18.2 Å². The first-order valence-corrected chi connectivity index (χ1v) is 11.1. The number of hydrogen-bond donors (Lipinski definition) is 0. The lowest BCUT2D eigenvalue weighted by Crippen LogP contribution is -2.38. The quantitative estimate of drug-likeness (QED) is 0.521. The average molecular weight is 389 g/mol. The van der Waals surface area contributed by atoms with Gasteiger partial charge in [-0.25, -0.2) is 0 Å². The van der Waals surface area contributed by atoms with Crippen molar-refractivity contribution in [2.75, 3.05) is 0 Å². The lowest BCUT2D eigenvalue weighted by Gasteiger charge is -2.31. The van der Waals surface area contributed by atoms with Crippen LogP contribution in [0.15, 0.2) is 0 Å². The monoisotopic (exact) mass is 389 g/mol. The molecule has 1 radical (unpaired) electrons. The van der Waals surface area contributed by atoms with Gasteiger partial charge in [-0.05, 0) is 99.6 Å². The fourth-order valence-electron chi connectivity index (χ4n) is 5.51. The highest BCUT2D eigenvalue weighted by molar-refractivity contribution is 6.69. The highest BCUT2D eigenvalue weighted by Crippen LogP contribution is 2.33. The van der Waals surface area contributed by atoms with E-state index < -0.39 is 0 Å². The summed E-state index contributed by atoms with van der Waals surface area (Å²) in [7, 11) is 2.47. The van der Waals surface area contributed by atoms with Gasteiger partial charge in [0.1, 0.15) is 0 Å². The minimum Gasteiger partial charge on any atom is -0.0751 e. The normalized spacial score (nSPS) is 12.5. The van der Waals surface area contributed by atoms with E-state index in [9.17, 15) is 0 Å². The van der Waals surface area contributed by atoms with Gasteiger partial charge in [-0.2, -0.15) is 0 Å². The molecule has 2 aromatic carbocycles. The molecule has 0 spiro atoms. The molecule has 0 N–H and O–H groups in total. The summed E-state index contributed by atoms with van der Waals surface area (Å²) in [6.07, 6.45) is 0. The lowest BCUT2D eigenvalue weighted by atomic mass is 9.55. The average Bonchev–Trinajstić information content (AvgIpc) is 2.55. The zero-order chi connectivity index (χ0) is 22.6. The third kappa shape index (κ3) is 4.07. The van der Waals surface area contributed by atoms with Gasteiger partial charge in [-0.3, -0.25) is 0 Å². The van der Waals surface area contributed by atoms with Crippen LogP contribution in [-0.4, -0.2) is 7.28 Å². The largest absolute Gasteiger partial charge is 0.192 e. The Labute approximate surface area is 181 Å². The number of hydrogen-bond acceptors (Lipinski definition) is 0. The van der Waals surface area contributed by atoms with Crippen molar-refractivity contribution in [3.05, 3.63) is 55.6 Å². The molecule has 2 rings (SSSR count). The third-order valence-electron chi connectivity index (χ3n) is 7.15. The van der Waals surface area contributed by atoms with Crippen molar-refractivity contribution in [1.82, 2.24) is 0 Å². The second-order valence-electron chi connectivity index (χ2n) is 11.2. The minimum absolute atomic E-state index is 0.162. The van der Waals surface area contributed by atoms with Crippen molar-refractivity contribution in [2.24, 2.45) is 0 Å². The van der Waals surface area contributed by atoms with Crippen LogP contribution in [0.2, 0.25) is 0 Å². The Morgan fingerprint density at radius 1 is 0.379 bits per heavy atom. The maximum absolute atomic E-state index is 2.47. The molecule has 0 heterocycles. The molecule has 157 valence electrons. The van der Waals surface area contributed by atoms with Crippen molar-refractivity contribution in [3.63, 3.8) is 0 Å². The molecule has 0 nitrogen and oxygen atoms in total. The van der Waals surface area contributed by atoms with Gasteiger partial charge in [0.2, 0.25) is 0 Å². The molecule has 0 unspecified atom stereocenters. The van der Waals surface area contributed by atoms with Gasteiger partial charge in [-0.1, -0.05) is 74.7 Å². The molecule has 0 bridgehead atoms. The van der Waals surface area contributed by atoms with E-state index in [0.717, 1.165) is 0 Å². The molecule has 0 aromatic heterocycles. The first kappa shape index (κ1) is 23.8. The van der Waals surface area contributed by atoms with E-state index in [1.165, 1.54) is 66.6 Å². The molecule has 0 fully saturated rings. The van der Waals surface area contributed by atoms with Gasteiger partial charge in [0.25, 0.3) is 0 Å². The molecule has 1 heteroatoms. The molecule has 29 heavy (non-hydrogen) atoms. The first-order valence-electron chi connectivity index (χ1n) is 11.1. The molecule has 0 saturated carbocycles. The predicted molar refractivity (Wildman–Crippen MR) is 133 cm³/mol. The highest BCUT2D eigenvalue weighted by Gasteiger charge is 2.27. The van der Waals surface area contributed by atoms with Crippen LogP contribution in [0, 0.1) is 55.4 Å². The van der Waals surface area contributed by atoms with E-state index in [0.29, 0.717) is 0 Å². The molecule has 2 aromatic rings. The summed E-state index contributed by atoms with van der Waals surface area (Å²) < 4.78 is 0. The SMILES string of the molecule is Cc1c(C)c(C(C)(C)C)c(C)c(C)c1[B]c1c(C)c(C)c(C(C)(C)C)c(C)c1C. The first-order chi connectivity index (χ1) is 13.0. The predicted octanol–water partition coefficient (Wildman–Crippen LogP) is 6.40. The van der Waals surface area contributed by atoms with Crippen molar-refractivity contribution in [3.8, 4) is 0 Å². The Balaban J connectivity index is 2.77. The fourth-order valence-corrected chi connectivity index (χ4v) is 5.51. The molecule has 0 aliphatic rings. The number of benzene rings is 2. The van der Waals surface area contributed by atoms with Crippen LogP contribution in [0.1, 0.15) is 97.2 Å². The molecule has 0 saturated heterocycles. The van der Waals surface area contributed by atoms with Gasteiger partial charge >= 0.3 is 0 Å². The Bertz CT molecular complexity index is 822. The Morgan fingerprint density at radius 3 is 0.759 bits per heavy atom. The Morgan fingerprint density at radius 2 is 0.586 bits per heavy atom. The molecule has 0 aliphatic carbocycles. The van der Waals surface area contributed by atoms with Crippen LogP contribution in [0.25, 0.3) is 0 Å². The van der Waals surface area contributed by atoms with Crippen LogP contribution in [0.5, 0.6) is 0 Å². The zero-order valence-corrected chi connectivity index (χ0v) is 21.6. The summed E-state index contributed by atoms with van der Waals surface area (Å²) >= 11 is 0. The van der Waals surface area contributed by atoms with Crippen LogP contribution in [-0.2, 0) is 10.8 Å². The second-order valence-corrected chi connectivity index (χ2v) is 11.2. The smallest absolute Gasteiger partial charge is 0.0751 e. The maximum Gasteiger partial charge on any atom is 0.192 e. The van der Waals surface area contributed by atoms with E-state index in [4.69, 9.17) is 0 Å². The van der Waals surface area contributed by atoms with Crippen LogP contribution in [0.3, 0.4) is 0 Å². The number of rotatable bonds is 2. The van der Waals surface area contributed by atoms with Crippen LogP contribution in [0.4, 0.5) is 0 Å². The Hall–Kier alpha value is -1.50. The van der Waals surface area contributed by atoms with E-state index in [2.05, 4.69) is 104 Å². The van der Waals surface area contributed by atoms with E-state index in [1.807, 2.05) is 0 Å². The van der Waals surface area contributed by atoms with Crippen molar-refractivity contribution < 1.29 is 0 Å². The van der Waals surface area contributed by atoms with Gasteiger partial charge in [0.05, 0.1) is 0 Å². The van der Waals surface area contributed by atoms with E-state index in [1.54, 1.807) is 0 Å². The standard InChI is InChI=1S/C28H42B/c1-15-19(5)25(20(6)16(2)23(15)27(9,10)11)29-26-21(7)17(3)24(28(12,13)14)18(4)22(26)8/h1-14H3. The van der Waals surface area contributed by atoms with Gasteiger partial charge in [0.15, 0.2) is 7.28 Å². The highest BCUT2D eigenvalue weighted by atomic mass is 14.3. The molecule has 0 aliphatic heterocycles. The van der Waals surface area contributed by atoms with Crippen LogP contribution >= 0.6 is 0 Å². The second kappa shape index (κ2) is 7.64.